The van der Waals surface area contributed by atoms with Crippen LogP contribution >= 0.6 is 0 Å². The number of rotatable bonds is 2. The van der Waals surface area contributed by atoms with Crippen molar-refractivity contribution < 1.29 is 8.95 Å². The summed E-state index contributed by atoms with van der Waals surface area (Å²) in [6.07, 6.45) is 6.17. The molecule has 0 aromatic rings. The van der Waals surface area contributed by atoms with Gasteiger partial charge in [-0.1, -0.05) is 19.3 Å². The van der Waals surface area contributed by atoms with Gasteiger partial charge in [0.2, 0.25) is 0 Å². The minimum absolute atomic E-state index is 0.432. The zero-order valence-corrected chi connectivity index (χ0v) is 9.43. The zero-order valence-electron chi connectivity index (χ0n) is 8.61. The molecule has 0 aromatic carbocycles. The Balaban J connectivity index is 1.85. The van der Waals surface area contributed by atoms with Crippen molar-refractivity contribution in [2.75, 3.05) is 26.3 Å². The molecule has 0 bridgehead atoms. The highest BCUT2D eigenvalue weighted by atomic mass is 32.2. The number of hydrogen-bond acceptors (Lipinski definition) is 2. The Morgan fingerprint density at radius 1 is 1.07 bits per heavy atom. The van der Waals surface area contributed by atoms with Gasteiger partial charge in [0.25, 0.3) is 0 Å². The Morgan fingerprint density at radius 2 is 1.71 bits per heavy atom. The summed E-state index contributed by atoms with van der Waals surface area (Å²) >= 11 is 0. The first-order valence-electron chi connectivity index (χ1n) is 5.61. The molecule has 1 aliphatic carbocycles. The van der Waals surface area contributed by atoms with Gasteiger partial charge in [-0.2, -0.15) is 0 Å². The molecule has 3 nitrogen and oxygen atoms in total. The summed E-state index contributed by atoms with van der Waals surface area (Å²) in [6.45, 7) is 3.20. The van der Waals surface area contributed by atoms with Crippen molar-refractivity contribution in [2.24, 2.45) is 0 Å². The average molecular weight is 217 g/mol. The summed E-state index contributed by atoms with van der Waals surface area (Å²) in [4.78, 5) is 0. The Labute approximate surface area is 88.4 Å². The van der Waals surface area contributed by atoms with Crippen LogP contribution in [0.15, 0.2) is 0 Å². The third kappa shape index (κ3) is 2.55. The molecule has 0 amide bonds. The number of morpholine rings is 1. The molecule has 0 aromatic heterocycles. The lowest BCUT2D eigenvalue weighted by Gasteiger charge is -2.30. The molecule has 0 spiro atoms. The number of nitrogens with zero attached hydrogens (tertiary/aromatic N) is 1. The molecule has 14 heavy (non-hydrogen) atoms. The van der Waals surface area contributed by atoms with E-state index in [9.17, 15) is 4.21 Å². The first-order chi connectivity index (χ1) is 6.88. The first kappa shape index (κ1) is 10.6. The van der Waals surface area contributed by atoms with Crippen LogP contribution in [0, 0.1) is 0 Å². The molecule has 1 saturated heterocycles. The van der Waals surface area contributed by atoms with E-state index in [4.69, 9.17) is 4.74 Å². The predicted molar refractivity (Wildman–Crippen MR) is 57.4 cm³/mol. The monoisotopic (exact) mass is 217 g/mol. The van der Waals surface area contributed by atoms with E-state index in [2.05, 4.69) is 4.31 Å². The van der Waals surface area contributed by atoms with Gasteiger partial charge in [-0.05, 0) is 12.8 Å². The van der Waals surface area contributed by atoms with Crippen LogP contribution in [0.2, 0.25) is 0 Å². The third-order valence-electron chi connectivity index (χ3n) is 3.06. The van der Waals surface area contributed by atoms with Crippen LogP contribution in [0.4, 0.5) is 0 Å². The fraction of sp³-hybridized carbons (Fsp3) is 1.00. The molecular formula is C10H19NO2S. The number of ether oxygens (including phenoxy) is 1. The SMILES string of the molecule is O=S(C1CCCCC1)N1CCOCC1. The van der Waals surface area contributed by atoms with Crippen LogP contribution < -0.4 is 0 Å². The molecule has 0 radical (unpaired) electrons. The van der Waals surface area contributed by atoms with Crippen molar-refractivity contribution in [3.8, 4) is 0 Å². The molecule has 1 saturated carbocycles. The molecule has 1 unspecified atom stereocenters. The van der Waals surface area contributed by atoms with Gasteiger partial charge >= 0.3 is 0 Å². The summed E-state index contributed by atoms with van der Waals surface area (Å²) in [6, 6.07) is 0. The van der Waals surface area contributed by atoms with Gasteiger partial charge in [-0.3, -0.25) is 0 Å². The van der Waals surface area contributed by atoms with E-state index in [1.54, 1.807) is 0 Å². The van der Waals surface area contributed by atoms with E-state index >= 15 is 0 Å². The lowest BCUT2D eigenvalue weighted by molar-refractivity contribution is 0.0747. The van der Waals surface area contributed by atoms with E-state index in [-0.39, 0.29) is 0 Å². The number of hydrogen-bond donors (Lipinski definition) is 0. The third-order valence-corrected chi connectivity index (χ3v) is 4.98. The molecule has 1 aliphatic heterocycles. The lowest BCUT2D eigenvalue weighted by Crippen LogP contribution is -2.41. The summed E-state index contributed by atoms with van der Waals surface area (Å²) < 4.78 is 19.5. The molecule has 1 atom stereocenters. The second-order valence-electron chi connectivity index (χ2n) is 4.08. The molecule has 4 heteroatoms. The second-order valence-corrected chi connectivity index (χ2v) is 5.81. The Bertz CT molecular complexity index is 178. The van der Waals surface area contributed by atoms with Gasteiger partial charge in [0.1, 0.15) is 0 Å². The van der Waals surface area contributed by atoms with Crippen molar-refractivity contribution in [1.82, 2.24) is 4.31 Å². The highest BCUT2D eigenvalue weighted by molar-refractivity contribution is 7.83. The molecule has 2 fully saturated rings. The van der Waals surface area contributed by atoms with Gasteiger partial charge in [-0.25, -0.2) is 8.51 Å². The van der Waals surface area contributed by atoms with Gasteiger partial charge < -0.3 is 4.74 Å². The highest BCUT2D eigenvalue weighted by Gasteiger charge is 2.25. The molecular weight excluding hydrogens is 198 g/mol. The van der Waals surface area contributed by atoms with Crippen LogP contribution in [0.3, 0.4) is 0 Å². The van der Waals surface area contributed by atoms with E-state index in [0.717, 1.165) is 39.1 Å². The predicted octanol–water partition coefficient (Wildman–Crippen LogP) is 1.31. The molecule has 0 N–H and O–H groups in total. The van der Waals surface area contributed by atoms with E-state index in [1.165, 1.54) is 19.3 Å². The van der Waals surface area contributed by atoms with Gasteiger partial charge in [0, 0.05) is 18.3 Å². The van der Waals surface area contributed by atoms with Crippen LogP contribution in [-0.2, 0) is 15.7 Å². The first-order valence-corrected chi connectivity index (χ1v) is 6.78. The summed E-state index contributed by atoms with van der Waals surface area (Å²) in [5, 5.41) is 0.432. The second kappa shape index (κ2) is 5.24. The topological polar surface area (TPSA) is 29.5 Å². The smallest absolute Gasteiger partial charge is 0.0975 e. The summed E-state index contributed by atoms with van der Waals surface area (Å²) in [7, 11) is -0.740. The highest BCUT2D eigenvalue weighted by Crippen LogP contribution is 2.23. The van der Waals surface area contributed by atoms with Crippen molar-refractivity contribution in [3.63, 3.8) is 0 Å². The minimum Gasteiger partial charge on any atom is -0.379 e. The molecule has 2 rings (SSSR count). The van der Waals surface area contributed by atoms with E-state index in [1.807, 2.05) is 0 Å². The van der Waals surface area contributed by atoms with Crippen molar-refractivity contribution in [2.45, 2.75) is 37.4 Å². The Morgan fingerprint density at radius 3 is 2.36 bits per heavy atom. The average Bonchev–Trinajstić information content (AvgIpc) is 2.30. The molecule has 2 aliphatic rings. The van der Waals surface area contributed by atoms with Crippen LogP contribution in [0.25, 0.3) is 0 Å². The maximum absolute atomic E-state index is 12.1. The fourth-order valence-corrected chi connectivity index (χ4v) is 3.87. The lowest BCUT2D eigenvalue weighted by atomic mass is 10.0. The van der Waals surface area contributed by atoms with E-state index in [0.29, 0.717) is 5.25 Å². The standard InChI is InChI=1S/C10H19NO2S/c12-14(10-4-2-1-3-5-10)11-6-8-13-9-7-11/h10H,1-9H2. The molecule has 1 heterocycles. The quantitative estimate of drug-likeness (QED) is 0.698. The van der Waals surface area contributed by atoms with Crippen molar-refractivity contribution in [3.05, 3.63) is 0 Å². The van der Waals surface area contributed by atoms with Gasteiger partial charge in [-0.15, -0.1) is 0 Å². The zero-order chi connectivity index (χ0) is 9.80. The minimum atomic E-state index is -0.740. The van der Waals surface area contributed by atoms with Crippen molar-refractivity contribution >= 4 is 11.0 Å². The van der Waals surface area contributed by atoms with Crippen LogP contribution in [0.1, 0.15) is 32.1 Å². The maximum Gasteiger partial charge on any atom is 0.0975 e. The maximum atomic E-state index is 12.1. The summed E-state index contributed by atoms with van der Waals surface area (Å²) in [5.41, 5.74) is 0. The molecule has 82 valence electrons. The Kier molecular flexibility index (Phi) is 3.96. The van der Waals surface area contributed by atoms with Gasteiger partial charge in [0.05, 0.1) is 24.2 Å². The van der Waals surface area contributed by atoms with Crippen molar-refractivity contribution in [1.29, 1.82) is 0 Å². The van der Waals surface area contributed by atoms with Crippen LogP contribution in [-0.4, -0.2) is 40.1 Å². The fourth-order valence-electron chi connectivity index (χ4n) is 2.20. The largest absolute Gasteiger partial charge is 0.379 e. The van der Waals surface area contributed by atoms with E-state index < -0.39 is 11.0 Å². The van der Waals surface area contributed by atoms with Gasteiger partial charge in [0.15, 0.2) is 0 Å². The summed E-state index contributed by atoms with van der Waals surface area (Å²) in [5.74, 6) is 0. The normalized spacial score (nSPS) is 28.9. The van der Waals surface area contributed by atoms with Crippen LogP contribution in [0.5, 0.6) is 0 Å². The Hall–Kier alpha value is 0.0700.